The first-order valence-corrected chi connectivity index (χ1v) is 4.98. The van der Waals surface area contributed by atoms with E-state index in [4.69, 9.17) is 4.74 Å². The van der Waals surface area contributed by atoms with Gasteiger partial charge in [0, 0.05) is 7.05 Å². The molecule has 0 aromatic heterocycles. The number of rotatable bonds is 3. The summed E-state index contributed by atoms with van der Waals surface area (Å²) < 4.78 is 18.3. The van der Waals surface area contributed by atoms with Crippen LogP contribution in [0.25, 0.3) is 0 Å². The Morgan fingerprint density at radius 1 is 1.35 bits per heavy atom. The molecule has 0 saturated heterocycles. The highest BCUT2D eigenvalue weighted by atomic mass is 19.1. The number of ether oxygens (including phenoxy) is 1. The lowest BCUT2D eigenvalue weighted by atomic mass is 10.3. The van der Waals surface area contributed by atoms with Crippen LogP contribution in [0.3, 0.4) is 0 Å². The van der Waals surface area contributed by atoms with E-state index in [9.17, 15) is 14.0 Å². The van der Waals surface area contributed by atoms with Crippen molar-refractivity contribution >= 4 is 11.9 Å². The lowest BCUT2D eigenvalue weighted by Crippen LogP contribution is -2.44. The van der Waals surface area contributed by atoms with Gasteiger partial charge in [-0.1, -0.05) is 12.1 Å². The molecule has 0 aliphatic carbocycles. The van der Waals surface area contributed by atoms with Gasteiger partial charge in [-0.3, -0.25) is 10.1 Å². The molecule has 0 saturated carbocycles. The number of carbonyl (C=O) groups excluding carboxylic acids is 2. The van der Waals surface area contributed by atoms with Crippen LogP contribution in [-0.2, 0) is 4.79 Å². The summed E-state index contributed by atoms with van der Waals surface area (Å²) >= 11 is 0. The van der Waals surface area contributed by atoms with Gasteiger partial charge in [0.05, 0.1) is 0 Å². The Morgan fingerprint density at radius 2 is 2.00 bits per heavy atom. The molecule has 6 heteroatoms. The third kappa shape index (κ3) is 3.75. The maximum atomic E-state index is 13.2. The zero-order valence-electron chi connectivity index (χ0n) is 9.49. The number of halogens is 1. The normalized spacial score (nSPS) is 11.5. The van der Waals surface area contributed by atoms with Crippen LogP contribution in [0.2, 0.25) is 0 Å². The molecular weight excluding hydrogens is 227 g/mol. The largest absolute Gasteiger partial charge is 0.478 e. The highest BCUT2D eigenvalue weighted by Crippen LogP contribution is 2.16. The maximum absolute atomic E-state index is 13.2. The molecule has 1 aromatic carbocycles. The lowest BCUT2D eigenvalue weighted by molar-refractivity contribution is -0.126. The highest BCUT2D eigenvalue weighted by Gasteiger charge is 2.17. The van der Waals surface area contributed by atoms with Crippen molar-refractivity contribution in [3.63, 3.8) is 0 Å². The van der Waals surface area contributed by atoms with Crippen molar-refractivity contribution in [1.82, 2.24) is 10.6 Å². The lowest BCUT2D eigenvalue weighted by Gasteiger charge is -2.14. The van der Waals surface area contributed by atoms with Gasteiger partial charge in [-0.15, -0.1) is 0 Å². The predicted molar refractivity (Wildman–Crippen MR) is 59.1 cm³/mol. The number of amides is 3. The Kier molecular flexibility index (Phi) is 4.45. The van der Waals surface area contributed by atoms with Gasteiger partial charge in [-0.2, -0.15) is 0 Å². The molecule has 0 fully saturated rings. The molecule has 17 heavy (non-hydrogen) atoms. The number of hydrogen-bond acceptors (Lipinski definition) is 3. The van der Waals surface area contributed by atoms with Gasteiger partial charge in [-0.05, 0) is 19.1 Å². The van der Waals surface area contributed by atoms with E-state index in [0.717, 1.165) is 0 Å². The summed E-state index contributed by atoms with van der Waals surface area (Å²) in [5.74, 6) is -1.24. The summed E-state index contributed by atoms with van der Waals surface area (Å²) in [7, 11) is 1.38. The quantitative estimate of drug-likeness (QED) is 0.829. The second-order valence-electron chi connectivity index (χ2n) is 3.26. The number of para-hydroxylation sites is 1. The summed E-state index contributed by atoms with van der Waals surface area (Å²) in [6, 6.07) is 5.08. The molecule has 1 rings (SSSR count). The fourth-order valence-corrected chi connectivity index (χ4v) is 1.06. The molecular formula is C11H13FN2O3. The van der Waals surface area contributed by atoms with Gasteiger partial charge in [0.25, 0.3) is 5.91 Å². The van der Waals surface area contributed by atoms with Crippen LogP contribution in [0.4, 0.5) is 9.18 Å². The SMILES string of the molecule is CNC(=O)NC(=O)[C@H](C)Oc1ccccc1F. The first-order chi connectivity index (χ1) is 8.04. The summed E-state index contributed by atoms with van der Waals surface area (Å²) in [5, 5.41) is 4.26. The van der Waals surface area contributed by atoms with E-state index in [0.29, 0.717) is 0 Å². The van der Waals surface area contributed by atoms with Gasteiger partial charge in [0.15, 0.2) is 17.7 Å². The standard InChI is InChI=1S/C11H13FN2O3/c1-7(10(15)14-11(16)13-2)17-9-6-4-3-5-8(9)12/h3-7H,1-2H3,(H2,13,14,15,16)/t7-/m0/s1. The fraction of sp³-hybridized carbons (Fsp3) is 0.273. The van der Waals surface area contributed by atoms with Gasteiger partial charge in [0.1, 0.15) is 0 Å². The van der Waals surface area contributed by atoms with Crippen LogP contribution in [-0.4, -0.2) is 25.1 Å². The summed E-state index contributed by atoms with van der Waals surface area (Å²) in [6.45, 7) is 1.42. The Bertz CT molecular complexity index is 423. The number of imide groups is 1. The number of carbonyl (C=O) groups is 2. The summed E-state index contributed by atoms with van der Waals surface area (Å²) in [6.07, 6.45) is -0.968. The van der Waals surface area contributed by atoms with Crippen molar-refractivity contribution in [2.75, 3.05) is 7.05 Å². The van der Waals surface area contributed by atoms with E-state index >= 15 is 0 Å². The molecule has 0 bridgehead atoms. The Morgan fingerprint density at radius 3 is 2.59 bits per heavy atom. The number of urea groups is 1. The average molecular weight is 240 g/mol. The first-order valence-electron chi connectivity index (χ1n) is 4.98. The van der Waals surface area contributed by atoms with E-state index in [1.165, 1.54) is 32.2 Å². The van der Waals surface area contributed by atoms with Crippen LogP contribution >= 0.6 is 0 Å². The fourth-order valence-electron chi connectivity index (χ4n) is 1.06. The van der Waals surface area contributed by atoms with E-state index in [1.807, 2.05) is 5.32 Å². The monoisotopic (exact) mass is 240 g/mol. The smallest absolute Gasteiger partial charge is 0.321 e. The molecule has 2 N–H and O–H groups in total. The number of hydrogen-bond donors (Lipinski definition) is 2. The minimum absolute atomic E-state index is 0.0351. The minimum atomic E-state index is -0.968. The van der Waals surface area contributed by atoms with Crippen LogP contribution in [0.1, 0.15) is 6.92 Å². The van der Waals surface area contributed by atoms with Crippen molar-refractivity contribution in [2.45, 2.75) is 13.0 Å². The summed E-state index contributed by atoms with van der Waals surface area (Å²) in [5.41, 5.74) is 0. The van der Waals surface area contributed by atoms with Crippen molar-refractivity contribution in [3.05, 3.63) is 30.1 Å². The Balaban J connectivity index is 2.60. The van der Waals surface area contributed by atoms with Crippen molar-refractivity contribution in [3.8, 4) is 5.75 Å². The molecule has 0 heterocycles. The topological polar surface area (TPSA) is 67.4 Å². The molecule has 0 aliphatic heterocycles. The zero-order chi connectivity index (χ0) is 12.8. The molecule has 0 radical (unpaired) electrons. The molecule has 0 unspecified atom stereocenters. The molecule has 1 aromatic rings. The maximum Gasteiger partial charge on any atom is 0.321 e. The molecule has 92 valence electrons. The number of benzene rings is 1. The number of nitrogens with one attached hydrogen (secondary N) is 2. The van der Waals surface area contributed by atoms with Crippen molar-refractivity contribution < 1.29 is 18.7 Å². The molecule has 0 spiro atoms. The van der Waals surface area contributed by atoms with Crippen LogP contribution in [0, 0.1) is 5.82 Å². The van der Waals surface area contributed by atoms with E-state index < -0.39 is 23.9 Å². The second kappa shape index (κ2) is 5.83. The third-order valence-corrected chi connectivity index (χ3v) is 1.97. The van der Waals surface area contributed by atoms with Crippen molar-refractivity contribution in [1.29, 1.82) is 0 Å². The van der Waals surface area contributed by atoms with E-state index in [2.05, 4.69) is 5.32 Å². The second-order valence-corrected chi connectivity index (χ2v) is 3.26. The van der Waals surface area contributed by atoms with Crippen LogP contribution in [0.5, 0.6) is 5.75 Å². The third-order valence-electron chi connectivity index (χ3n) is 1.97. The zero-order valence-corrected chi connectivity index (χ0v) is 9.49. The predicted octanol–water partition coefficient (Wildman–Crippen LogP) is 1.05. The first kappa shape index (κ1) is 13.0. The van der Waals surface area contributed by atoms with Gasteiger partial charge >= 0.3 is 6.03 Å². The van der Waals surface area contributed by atoms with E-state index in [1.54, 1.807) is 6.07 Å². The average Bonchev–Trinajstić information content (AvgIpc) is 2.31. The van der Waals surface area contributed by atoms with E-state index in [-0.39, 0.29) is 5.75 Å². The molecule has 1 atom stereocenters. The minimum Gasteiger partial charge on any atom is -0.478 e. The Hall–Kier alpha value is -2.11. The van der Waals surface area contributed by atoms with Gasteiger partial charge in [0.2, 0.25) is 0 Å². The highest BCUT2D eigenvalue weighted by molar-refractivity contribution is 5.96. The van der Waals surface area contributed by atoms with Gasteiger partial charge in [-0.25, -0.2) is 9.18 Å². The van der Waals surface area contributed by atoms with Gasteiger partial charge < -0.3 is 10.1 Å². The summed E-state index contributed by atoms with van der Waals surface area (Å²) in [4.78, 5) is 22.3. The van der Waals surface area contributed by atoms with Crippen molar-refractivity contribution in [2.24, 2.45) is 0 Å². The van der Waals surface area contributed by atoms with Crippen LogP contribution < -0.4 is 15.4 Å². The molecule has 3 amide bonds. The van der Waals surface area contributed by atoms with Crippen LogP contribution in [0.15, 0.2) is 24.3 Å². The Labute approximate surface area is 98.0 Å². The molecule has 5 nitrogen and oxygen atoms in total. The molecule has 0 aliphatic rings.